The summed E-state index contributed by atoms with van der Waals surface area (Å²) in [6.45, 7) is 4.35. The zero-order valence-corrected chi connectivity index (χ0v) is 16.4. The van der Waals surface area contributed by atoms with E-state index in [-0.39, 0.29) is 40.0 Å². The molecule has 4 nitrogen and oxygen atoms in total. The van der Waals surface area contributed by atoms with Crippen molar-refractivity contribution in [2.24, 2.45) is 11.8 Å². The van der Waals surface area contributed by atoms with Crippen LogP contribution < -0.4 is 5.32 Å². The number of aryl methyl sites for hydroxylation is 2. The van der Waals surface area contributed by atoms with Gasteiger partial charge in [0.1, 0.15) is 0 Å². The number of imide groups is 1. The van der Waals surface area contributed by atoms with Gasteiger partial charge >= 0.3 is 0 Å². The lowest BCUT2D eigenvalue weighted by atomic mass is 9.81. The molecule has 6 heteroatoms. The molecule has 4 unspecified atom stereocenters. The molecule has 23 heavy (non-hydrogen) atoms. The maximum atomic E-state index is 12.6. The van der Waals surface area contributed by atoms with Crippen LogP contribution in [-0.2, 0) is 9.59 Å². The van der Waals surface area contributed by atoms with Gasteiger partial charge in [0.15, 0.2) is 0 Å². The van der Waals surface area contributed by atoms with Gasteiger partial charge in [0.05, 0.1) is 18.5 Å². The zero-order chi connectivity index (χ0) is 16.7. The van der Waals surface area contributed by atoms with Gasteiger partial charge in [0, 0.05) is 15.3 Å². The van der Waals surface area contributed by atoms with Crippen LogP contribution in [0.1, 0.15) is 24.0 Å². The van der Waals surface area contributed by atoms with E-state index in [1.54, 1.807) is 0 Å². The van der Waals surface area contributed by atoms with Crippen LogP contribution in [0.3, 0.4) is 0 Å². The predicted octanol–water partition coefficient (Wildman–Crippen LogP) is 3.59. The van der Waals surface area contributed by atoms with Crippen LogP contribution in [0, 0.1) is 25.7 Å². The Morgan fingerprint density at radius 2 is 1.61 bits per heavy atom. The maximum Gasteiger partial charge on any atom is 0.234 e. The van der Waals surface area contributed by atoms with Gasteiger partial charge in [-0.25, -0.2) is 0 Å². The molecule has 2 aliphatic rings. The van der Waals surface area contributed by atoms with Crippen molar-refractivity contribution in [3.8, 4) is 0 Å². The number of halogens is 2. The lowest BCUT2D eigenvalue weighted by Crippen LogP contribution is -2.35. The van der Waals surface area contributed by atoms with Gasteiger partial charge in [-0.3, -0.25) is 14.5 Å². The smallest absolute Gasteiger partial charge is 0.234 e. The second-order valence-electron chi connectivity index (χ2n) is 6.45. The fraction of sp³-hybridized carbons (Fsp3) is 0.529. The highest BCUT2D eigenvalue weighted by Crippen LogP contribution is 2.43. The molecule has 0 bridgehead atoms. The summed E-state index contributed by atoms with van der Waals surface area (Å²) in [7, 11) is 0. The van der Waals surface area contributed by atoms with E-state index in [0.29, 0.717) is 12.8 Å². The fourth-order valence-corrected chi connectivity index (χ4v) is 4.58. The van der Waals surface area contributed by atoms with E-state index in [1.807, 2.05) is 25.1 Å². The van der Waals surface area contributed by atoms with Crippen LogP contribution in [0.2, 0.25) is 0 Å². The van der Waals surface area contributed by atoms with Crippen molar-refractivity contribution in [1.82, 2.24) is 4.90 Å². The van der Waals surface area contributed by atoms with Crippen LogP contribution in [0.5, 0.6) is 0 Å². The minimum atomic E-state index is -0.178. The normalized spacial score (nSPS) is 30.5. The number of hydrogen-bond acceptors (Lipinski definition) is 3. The molecular formula is C17H20Br2N2O2. The molecule has 1 aliphatic heterocycles. The van der Waals surface area contributed by atoms with Crippen molar-refractivity contribution in [2.75, 3.05) is 12.0 Å². The van der Waals surface area contributed by atoms with E-state index in [9.17, 15) is 9.59 Å². The zero-order valence-electron chi connectivity index (χ0n) is 13.2. The van der Waals surface area contributed by atoms with Gasteiger partial charge in [-0.2, -0.15) is 0 Å². The Morgan fingerprint density at radius 1 is 1.04 bits per heavy atom. The van der Waals surface area contributed by atoms with E-state index >= 15 is 0 Å². The highest BCUT2D eigenvalue weighted by atomic mass is 79.9. The first-order valence-electron chi connectivity index (χ1n) is 7.83. The molecule has 2 amide bonds. The van der Waals surface area contributed by atoms with E-state index in [0.717, 1.165) is 5.69 Å². The number of likely N-dealkylation sites (tertiary alicyclic amines) is 1. The quantitative estimate of drug-likeness (QED) is 0.573. The molecule has 1 aliphatic carbocycles. The Hall–Kier alpha value is -0.880. The largest absolute Gasteiger partial charge is 0.367 e. The standard InChI is InChI=1S/C17H20Br2N2O2/c1-9-3-4-11(5-10(9)2)20-8-21-16(22)12-6-14(18)15(19)7-13(12)17(21)23/h3-5,12-15,20H,6-8H2,1-2H3. The van der Waals surface area contributed by atoms with Crippen LogP contribution in [0.15, 0.2) is 18.2 Å². The molecule has 1 saturated carbocycles. The van der Waals surface area contributed by atoms with Crippen molar-refractivity contribution in [1.29, 1.82) is 0 Å². The van der Waals surface area contributed by atoms with Gasteiger partial charge < -0.3 is 5.32 Å². The highest BCUT2D eigenvalue weighted by molar-refractivity contribution is 9.12. The molecular weight excluding hydrogens is 424 g/mol. The average Bonchev–Trinajstić information content (AvgIpc) is 2.73. The fourth-order valence-electron chi connectivity index (χ4n) is 3.34. The first-order valence-corrected chi connectivity index (χ1v) is 9.66. The first kappa shape index (κ1) is 17.0. The topological polar surface area (TPSA) is 49.4 Å². The molecule has 2 fully saturated rings. The second-order valence-corrected chi connectivity index (χ2v) is 8.81. The number of rotatable bonds is 3. The number of anilines is 1. The summed E-state index contributed by atoms with van der Waals surface area (Å²) in [5.41, 5.74) is 3.34. The summed E-state index contributed by atoms with van der Waals surface area (Å²) in [4.78, 5) is 27.0. The van der Waals surface area contributed by atoms with Crippen LogP contribution in [0.4, 0.5) is 5.69 Å². The minimum Gasteiger partial charge on any atom is -0.367 e. The maximum absolute atomic E-state index is 12.6. The van der Waals surface area contributed by atoms with Gasteiger partial charge in [-0.1, -0.05) is 37.9 Å². The summed E-state index contributed by atoms with van der Waals surface area (Å²) in [6, 6.07) is 6.05. The summed E-state index contributed by atoms with van der Waals surface area (Å²) in [5, 5.41) is 3.21. The van der Waals surface area contributed by atoms with Gasteiger partial charge in [-0.15, -0.1) is 0 Å². The van der Waals surface area contributed by atoms with E-state index < -0.39 is 0 Å². The molecule has 0 aromatic heterocycles. The average molecular weight is 444 g/mol. The van der Waals surface area contributed by atoms with Crippen molar-refractivity contribution in [2.45, 2.75) is 36.3 Å². The third-order valence-corrected chi connectivity index (χ3v) is 7.68. The van der Waals surface area contributed by atoms with Crippen LogP contribution in [-0.4, -0.2) is 33.0 Å². The van der Waals surface area contributed by atoms with Crippen LogP contribution in [0.25, 0.3) is 0 Å². The number of carbonyl (C=O) groups is 2. The molecule has 1 aromatic carbocycles. The first-order chi connectivity index (χ1) is 10.9. The SMILES string of the molecule is Cc1ccc(NCN2C(=O)C3CC(Br)C(Br)CC3C2=O)cc1C. The molecule has 0 radical (unpaired) electrons. The number of fused-ring (bicyclic) bond motifs is 1. The Balaban J connectivity index is 1.70. The molecule has 1 N–H and O–H groups in total. The molecule has 1 aromatic rings. The Morgan fingerprint density at radius 3 is 2.13 bits per heavy atom. The van der Waals surface area contributed by atoms with Crippen molar-refractivity contribution < 1.29 is 9.59 Å². The Labute approximate surface area is 153 Å². The van der Waals surface area contributed by atoms with E-state index in [4.69, 9.17) is 0 Å². The number of benzene rings is 1. The number of hydrogen-bond donors (Lipinski definition) is 1. The number of carbonyl (C=O) groups excluding carboxylic acids is 2. The number of alkyl halides is 2. The van der Waals surface area contributed by atoms with Crippen molar-refractivity contribution in [3.05, 3.63) is 29.3 Å². The van der Waals surface area contributed by atoms with E-state index in [2.05, 4.69) is 44.1 Å². The molecule has 1 saturated heterocycles. The summed E-state index contributed by atoms with van der Waals surface area (Å²) in [6.07, 6.45) is 1.43. The second kappa shape index (κ2) is 6.55. The van der Waals surface area contributed by atoms with Gasteiger partial charge in [0.25, 0.3) is 0 Å². The highest BCUT2D eigenvalue weighted by Gasteiger charge is 2.51. The number of nitrogens with one attached hydrogen (secondary N) is 1. The third-order valence-electron chi connectivity index (χ3n) is 4.95. The lowest BCUT2D eigenvalue weighted by molar-refractivity contribution is -0.139. The number of nitrogens with zero attached hydrogens (tertiary/aromatic N) is 1. The van der Waals surface area contributed by atoms with Gasteiger partial charge in [-0.05, 0) is 49.9 Å². The lowest BCUT2D eigenvalue weighted by Gasteiger charge is -2.29. The molecule has 3 rings (SSSR count). The summed E-state index contributed by atoms with van der Waals surface area (Å²) in [5.74, 6) is -0.440. The monoisotopic (exact) mass is 442 g/mol. The predicted molar refractivity (Wildman–Crippen MR) is 97.9 cm³/mol. The molecule has 0 spiro atoms. The van der Waals surface area contributed by atoms with Crippen molar-refractivity contribution in [3.63, 3.8) is 0 Å². The molecule has 4 atom stereocenters. The molecule has 1 heterocycles. The summed E-state index contributed by atoms with van der Waals surface area (Å²) >= 11 is 7.21. The number of amides is 2. The third kappa shape index (κ3) is 3.20. The van der Waals surface area contributed by atoms with Crippen LogP contribution >= 0.6 is 31.9 Å². The minimum absolute atomic E-state index is 0.0415. The van der Waals surface area contributed by atoms with Gasteiger partial charge in [0.2, 0.25) is 11.8 Å². The summed E-state index contributed by atoms with van der Waals surface area (Å²) < 4.78 is 0. The Bertz CT molecular complexity index is 621. The Kier molecular flexibility index (Phi) is 4.83. The molecule has 124 valence electrons. The van der Waals surface area contributed by atoms with E-state index in [1.165, 1.54) is 16.0 Å². The van der Waals surface area contributed by atoms with Crippen molar-refractivity contribution >= 4 is 49.4 Å².